The third-order valence-electron chi connectivity index (χ3n) is 4.40. The summed E-state index contributed by atoms with van der Waals surface area (Å²) in [7, 11) is 1.80. The quantitative estimate of drug-likeness (QED) is 0.477. The molecule has 1 aromatic carbocycles. The summed E-state index contributed by atoms with van der Waals surface area (Å²) in [5.41, 5.74) is 8.08. The lowest BCUT2D eigenvalue weighted by Gasteiger charge is -2.20. The van der Waals surface area contributed by atoms with E-state index in [2.05, 4.69) is 20.1 Å². The molecule has 0 saturated carbocycles. The smallest absolute Gasteiger partial charge is 0.361 e. The Labute approximate surface area is 184 Å². The fourth-order valence-corrected chi connectivity index (χ4v) is 3.41. The molecule has 2 N–H and O–H groups in total. The van der Waals surface area contributed by atoms with Crippen LogP contribution in [-0.4, -0.2) is 36.3 Å². The predicted octanol–water partition coefficient (Wildman–Crippen LogP) is 4.28. The van der Waals surface area contributed by atoms with Crippen molar-refractivity contribution in [1.82, 2.24) is 24.7 Å². The van der Waals surface area contributed by atoms with E-state index in [1.807, 2.05) is 18.2 Å². The lowest BCUT2D eigenvalue weighted by molar-refractivity contribution is 0.00640. The van der Waals surface area contributed by atoms with Gasteiger partial charge in [0.2, 0.25) is 0 Å². The minimum Gasteiger partial charge on any atom is -0.455 e. The molecular weight excluding hydrogens is 416 g/mol. The van der Waals surface area contributed by atoms with Crippen molar-refractivity contribution in [3.8, 4) is 22.6 Å². The van der Waals surface area contributed by atoms with Crippen LogP contribution < -0.4 is 5.73 Å². The van der Waals surface area contributed by atoms with Gasteiger partial charge < -0.3 is 10.5 Å². The molecule has 0 saturated heterocycles. The van der Waals surface area contributed by atoms with Gasteiger partial charge in [0.05, 0.1) is 16.2 Å². The number of halogens is 1. The first-order chi connectivity index (χ1) is 14.6. The number of aromatic nitrogens is 5. The molecule has 0 aliphatic carbocycles. The molecule has 0 radical (unpaired) electrons. The molecule has 4 rings (SSSR count). The number of hydrogen-bond acceptors (Lipinski definition) is 7. The minimum absolute atomic E-state index is 0.0350. The Balaban J connectivity index is 1.96. The van der Waals surface area contributed by atoms with Crippen LogP contribution in [0.5, 0.6) is 0 Å². The number of nitrogens with zero attached hydrogens (tertiary/aromatic N) is 5. The summed E-state index contributed by atoms with van der Waals surface area (Å²) < 4.78 is 7.11. The molecule has 3 aromatic heterocycles. The number of ether oxygens (including phenoxy) is 1. The maximum Gasteiger partial charge on any atom is 0.361 e. The molecule has 0 bridgehead atoms. The summed E-state index contributed by atoms with van der Waals surface area (Å²) in [6.45, 7) is 5.31. The van der Waals surface area contributed by atoms with Crippen LogP contribution in [0.25, 0.3) is 33.5 Å². The fraction of sp³-hybridized carbons (Fsp3) is 0.227. The SMILES string of the molecule is Cn1ccc(-c2nc(N)c(C(=O)OC(C)(C)C)nc2-c2cc(Cl)c3ncccc3c2)n1. The summed E-state index contributed by atoms with van der Waals surface area (Å²) in [5, 5.41) is 5.71. The van der Waals surface area contributed by atoms with Crippen molar-refractivity contribution in [3.63, 3.8) is 0 Å². The van der Waals surface area contributed by atoms with E-state index in [0.29, 0.717) is 33.2 Å². The Morgan fingerprint density at radius 1 is 1.16 bits per heavy atom. The Kier molecular flexibility index (Phi) is 5.10. The fourth-order valence-electron chi connectivity index (χ4n) is 3.13. The molecule has 3 heterocycles. The number of benzene rings is 1. The topological polar surface area (TPSA) is 109 Å². The van der Waals surface area contributed by atoms with Crippen LogP contribution in [0.4, 0.5) is 5.82 Å². The number of pyridine rings is 1. The van der Waals surface area contributed by atoms with Crippen LogP contribution in [0.1, 0.15) is 31.3 Å². The molecule has 8 nitrogen and oxygen atoms in total. The van der Waals surface area contributed by atoms with E-state index >= 15 is 0 Å². The standard InChI is InChI=1S/C22H21ClN6O2/c1-22(2,3)31-21(30)19-20(24)27-18(15-7-9-29(4)28-15)17(26-19)13-10-12-6-5-8-25-16(12)14(23)11-13/h5-11H,1-4H3,(H2,24,27). The molecule has 0 aliphatic rings. The summed E-state index contributed by atoms with van der Waals surface area (Å²) in [5.74, 6) is -0.688. The highest BCUT2D eigenvalue weighted by Crippen LogP contribution is 2.34. The van der Waals surface area contributed by atoms with E-state index in [-0.39, 0.29) is 11.5 Å². The van der Waals surface area contributed by atoms with E-state index in [4.69, 9.17) is 22.1 Å². The number of carbonyl (C=O) groups excluding carboxylic acids is 1. The Hall–Kier alpha value is -3.52. The van der Waals surface area contributed by atoms with Crippen molar-refractivity contribution < 1.29 is 9.53 Å². The Morgan fingerprint density at radius 3 is 2.61 bits per heavy atom. The summed E-state index contributed by atoms with van der Waals surface area (Å²) in [6, 6.07) is 9.15. The molecule has 9 heteroatoms. The van der Waals surface area contributed by atoms with Crippen molar-refractivity contribution in [2.45, 2.75) is 26.4 Å². The number of fused-ring (bicyclic) bond motifs is 1. The highest BCUT2D eigenvalue weighted by molar-refractivity contribution is 6.35. The molecule has 0 unspecified atom stereocenters. The number of carbonyl (C=O) groups is 1. The van der Waals surface area contributed by atoms with Crippen LogP contribution in [-0.2, 0) is 11.8 Å². The van der Waals surface area contributed by atoms with Crippen molar-refractivity contribution in [2.24, 2.45) is 7.05 Å². The van der Waals surface area contributed by atoms with Gasteiger partial charge in [-0.2, -0.15) is 5.10 Å². The second-order valence-electron chi connectivity index (χ2n) is 8.06. The van der Waals surface area contributed by atoms with Gasteiger partial charge in [0, 0.05) is 30.4 Å². The van der Waals surface area contributed by atoms with Gasteiger partial charge in [-0.05, 0) is 45.0 Å². The zero-order chi connectivity index (χ0) is 22.3. The van der Waals surface area contributed by atoms with Gasteiger partial charge in [-0.1, -0.05) is 17.7 Å². The first-order valence-corrected chi connectivity index (χ1v) is 9.96. The largest absolute Gasteiger partial charge is 0.455 e. The number of rotatable bonds is 3. The van der Waals surface area contributed by atoms with Crippen LogP contribution >= 0.6 is 11.6 Å². The van der Waals surface area contributed by atoms with Gasteiger partial charge in [-0.25, -0.2) is 14.8 Å². The van der Waals surface area contributed by atoms with E-state index in [1.165, 1.54) is 0 Å². The second kappa shape index (κ2) is 7.63. The number of anilines is 1. The van der Waals surface area contributed by atoms with E-state index in [1.54, 1.807) is 57.0 Å². The van der Waals surface area contributed by atoms with Crippen LogP contribution in [0.2, 0.25) is 5.02 Å². The monoisotopic (exact) mass is 436 g/mol. The Morgan fingerprint density at radius 2 is 1.94 bits per heavy atom. The van der Waals surface area contributed by atoms with Gasteiger partial charge in [0.25, 0.3) is 0 Å². The zero-order valence-electron chi connectivity index (χ0n) is 17.5. The van der Waals surface area contributed by atoms with Crippen molar-refractivity contribution >= 4 is 34.3 Å². The highest BCUT2D eigenvalue weighted by atomic mass is 35.5. The minimum atomic E-state index is -0.705. The molecule has 0 fully saturated rings. The zero-order valence-corrected chi connectivity index (χ0v) is 18.3. The number of aryl methyl sites for hydroxylation is 1. The molecule has 0 aliphatic heterocycles. The molecule has 0 amide bonds. The van der Waals surface area contributed by atoms with Gasteiger partial charge in [0.1, 0.15) is 17.0 Å². The van der Waals surface area contributed by atoms with E-state index in [0.717, 1.165) is 5.39 Å². The van der Waals surface area contributed by atoms with Gasteiger partial charge in [-0.15, -0.1) is 0 Å². The van der Waals surface area contributed by atoms with Crippen molar-refractivity contribution in [1.29, 1.82) is 0 Å². The molecule has 4 aromatic rings. The summed E-state index contributed by atoms with van der Waals surface area (Å²) in [6.07, 6.45) is 3.47. The molecule has 0 atom stereocenters. The third-order valence-corrected chi connectivity index (χ3v) is 4.69. The maximum atomic E-state index is 12.7. The second-order valence-corrected chi connectivity index (χ2v) is 8.47. The molecular formula is C22H21ClN6O2. The lowest BCUT2D eigenvalue weighted by atomic mass is 10.0. The Bertz CT molecular complexity index is 1310. The first kappa shape index (κ1) is 20.7. The van der Waals surface area contributed by atoms with Gasteiger partial charge in [0.15, 0.2) is 11.5 Å². The summed E-state index contributed by atoms with van der Waals surface area (Å²) >= 11 is 6.49. The predicted molar refractivity (Wildman–Crippen MR) is 120 cm³/mol. The first-order valence-electron chi connectivity index (χ1n) is 9.58. The molecule has 158 valence electrons. The highest BCUT2D eigenvalue weighted by Gasteiger charge is 2.25. The molecule has 0 spiro atoms. The van der Waals surface area contributed by atoms with E-state index in [9.17, 15) is 4.79 Å². The van der Waals surface area contributed by atoms with Crippen LogP contribution in [0.3, 0.4) is 0 Å². The van der Waals surface area contributed by atoms with Gasteiger partial charge in [-0.3, -0.25) is 9.67 Å². The summed E-state index contributed by atoms with van der Waals surface area (Å²) in [4.78, 5) is 26.1. The average Bonchev–Trinajstić information content (AvgIpc) is 3.12. The van der Waals surface area contributed by atoms with Gasteiger partial charge >= 0.3 is 5.97 Å². The maximum absolute atomic E-state index is 12.7. The number of nitrogen functional groups attached to an aromatic ring is 1. The number of esters is 1. The number of nitrogens with two attached hydrogens (primary N) is 1. The van der Waals surface area contributed by atoms with Crippen LogP contribution in [0.15, 0.2) is 42.7 Å². The third kappa shape index (κ3) is 4.20. The van der Waals surface area contributed by atoms with Crippen molar-refractivity contribution in [2.75, 3.05) is 5.73 Å². The normalized spacial score (nSPS) is 11.6. The molecule has 31 heavy (non-hydrogen) atoms. The number of hydrogen-bond donors (Lipinski definition) is 1. The van der Waals surface area contributed by atoms with Crippen LogP contribution in [0, 0.1) is 0 Å². The average molecular weight is 437 g/mol. The lowest BCUT2D eigenvalue weighted by Crippen LogP contribution is -2.25. The van der Waals surface area contributed by atoms with Crippen molar-refractivity contribution in [3.05, 3.63) is 53.4 Å². The van der Waals surface area contributed by atoms with E-state index < -0.39 is 11.6 Å².